The average molecular weight is 304 g/mol. The Labute approximate surface area is 129 Å². The maximum atomic E-state index is 6.14. The number of morpholine rings is 1. The fourth-order valence-electron chi connectivity index (χ4n) is 2.40. The zero-order valence-corrected chi connectivity index (χ0v) is 12.5. The van der Waals surface area contributed by atoms with Crippen LogP contribution < -0.4 is 14.8 Å². The van der Waals surface area contributed by atoms with Crippen molar-refractivity contribution in [2.75, 3.05) is 26.3 Å². The van der Waals surface area contributed by atoms with E-state index in [2.05, 4.69) is 10.3 Å². The molecule has 1 aliphatic heterocycles. The van der Waals surface area contributed by atoms with Crippen LogP contribution in [0.1, 0.15) is 18.9 Å². The van der Waals surface area contributed by atoms with Gasteiger partial charge in [-0.2, -0.15) is 0 Å². The largest absolute Gasteiger partial charge is 0.490 e. The second-order valence-corrected chi connectivity index (χ2v) is 4.90. The molecule has 0 spiro atoms. The van der Waals surface area contributed by atoms with Gasteiger partial charge in [-0.25, -0.2) is 4.98 Å². The molecule has 0 bridgehead atoms. The van der Waals surface area contributed by atoms with E-state index >= 15 is 0 Å². The lowest BCUT2D eigenvalue weighted by molar-refractivity contribution is -0.0527. The Morgan fingerprint density at radius 3 is 2.91 bits per heavy atom. The molecular weight excluding hydrogens is 284 g/mol. The molecule has 1 aromatic heterocycles. The molecule has 22 heavy (non-hydrogen) atoms. The molecule has 6 heteroatoms. The summed E-state index contributed by atoms with van der Waals surface area (Å²) >= 11 is 0. The van der Waals surface area contributed by atoms with E-state index in [4.69, 9.17) is 18.6 Å². The van der Waals surface area contributed by atoms with Gasteiger partial charge in [-0.1, -0.05) is 12.1 Å². The van der Waals surface area contributed by atoms with Gasteiger partial charge in [-0.15, -0.1) is 0 Å². The van der Waals surface area contributed by atoms with E-state index in [9.17, 15) is 0 Å². The van der Waals surface area contributed by atoms with Crippen LogP contribution in [0.5, 0.6) is 11.5 Å². The molecular formula is C16H20N2O4. The number of oxazole rings is 1. The van der Waals surface area contributed by atoms with Gasteiger partial charge in [0.15, 0.2) is 11.5 Å². The first kappa shape index (κ1) is 14.9. The summed E-state index contributed by atoms with van der Waals surface area (Å²) in [6.45, 7) is 4.68. The summed E-state index contributed by atoms with van der Waals surface area (Å²) in [5.74, 6) is 1.85. The van der Waals surface area contributed by atoms with Crippen LogP contribution in [0, 0.1) is 0 Å². The number of nitrogens with one attached hydrogen (secondary N) is 1. The third-order valence-corrected chi connectivity index (χ3v) is 3.39. The molecule has 118 valence electrons. The number of benzene rings is 1. The van der Waals surface area contributed by atoms with E-state index in [0.29, 0.717) is 37.1 Å². The van der Waals surface area contributed by atoms with E-state index in [1.807, 2.05) is 31.2 Å². The van der Waals surface area contributed by atoms with Gasteiger partial charge in [0.1, 0.15) is 12.4 Å². The van der Waals surface area contributed by atoms with Crippen LogP contribution in [0.15, 0.2) is 41.1 Å². The van der Waals surface area contributed by atoms with Crippen LogP contribution in [0.3, 0.4) is 0 Å². The molecule has 1 N–H and O–H groups in total. The molecule has 0 radical (unpaired) electrons. The highest BCUT2D eigenvalue weighted by Gasteiger charge is 2.32. The molecule has 1 aromatic carbocycles. The molecule has 2 aromatic rings. The standard InChI is InChI=1S/C16H20N2O4/c1-2-19-12-5-3-4-6-13(12)22-15(16-18-8-10-21-16)14-11-17-7-9-20-14/h3-6,8,10,14-15,17H,2,7,9,11H2,1H3/t14?,15-/m0/s1. The first-order valence-corrected chi connectivity index (χ1v) is 7.48. The quantitative estimate of drug-likeness (QED) is 0.882. The Bertz CT molecular complexity index is 567. The Kier molecular flexibility index (Phi) is 4.92. The van der Waals surface area contributed by atoms with Crippen molar-refractivity contribution < 1.29 is 18.6 Å². The Balaban J connectivity index is 1.83. The second kappa shape index (κ2) is 7.29. The lowest BCUT2D eigenvalue weighted by Gasteiger charge is -2.29. The normalized spacial score (nSPS) is 19.6. The predicted molar refractivity (Wildman–Crippen MR) is 80.1 cm³/mol. The molecule has 1 saturated heterocycles. The summed E-state index contributed by atoms with van der Waals surface area (Å²) in [5.41, 5.74) is 0. The summed E-state index contributed by atoms with van der Waals surface area (Å²) in [5, 5.41) is 3.30. The summed E-state index contributed by atoms with van der Waals surface area (Å²) in [7, 11) is 0. The van der Waals surface area contributed by atoms with Crippen molar-refractivity contribution in [2.24, 2.45) is 0 Å². The van der Waals surface area contributed by atoms with Gasteiger partial charge in [0.25, 0.3) is 0 Å². The maximum Gasteiger partial charge on any atom is 0.238 e. The van der Waals surface area contributed by atoms with Crippen molar-refractivity contribution in [3.05, 3.63) is 42.6 Å². The van der Waals surface area contributed by atoms with E-state index in [1.165, 1.54) is 6.26 Å². The molecule has 1 aliphatic rings. The molecule has 2 heterocycles. The highest BCUT2D eigenvalue weighted by atomic mass is 16.6. The van der Waals surface area contributed by atoms with Crippen molar-refractivity contribution in [1.29, 1.82) is 0 Å². The minimum atomic E-state index is -0.426. The Morgan fingerprint density at radius 2 is 2.23 bits per heavy atom. The molecule has 0 aliphatic carbocycles. The van der Waals surface area contributed by atoms with Crippen LogP contribution in [0.4, 0.5) is 0 Å². The number of hydrogen-bond acceptors (Lipinski definition) is 6. The van der Waals surface area contributed by atoms with Crippen LogP contribution in [0.2, 0.25) is 0 Å². The number of ether oxygens (including phenoxy) is 3. The van der Waals surface area contributed by atoms with Crippen molar-refractivity contribution in [2.45, 2.75) is 19.1 Å². The monoisotopic (exact) mass is 304 g/mol. The molecule has 2 atom stereocenters. The van der Waals surface area contributed by atoms with Crippen molar-refractivity contribution in [3.8, 4) is 11.5 Å². The minimum Gasteiger partial charge on any atom is -0.490 e. The average Bonchev–Trinajstić information content (AvgIpc) is 3.09. The number of nitrogens with zero attached hydrogens (tertiary/aromatic N) is 1. The molecule has 1 unspecified atom stereocenters. The topological polar surface area (TPSA) is 65.8 Å². The van der Waals surface area contributed by atoms with Gasteiger partial charge in [0.2, 0.25) is 12.0 Å². The third kappa shape index (κ3) is 3.40. The lowest BCUT2D eigenvalue weighted by atomic mass is 10.1. The molecule has 0 amide bonds. The van der Waals surface area contributed by atoms with E-state index in [1.54, 1.807) is 6.20 Å². The molecule has 6 nitrogen and oxygen atoms in total. The summed E-state index contributed by atoms with van der Waals surface area (Å²) in [6, 6.07) is 7.57. The van der Waals surface area contributed by atoms with Gasteiger partial charge >= 0.3 is 0 Å². The zero-order valence-electron chi connectivity index (χ0n) is 12.5. The Hall–Kier alpha value is -2.05. The number of para-hydroxylation sites is 2. The van der Waals surface area contributed by atoms with Gasteiger partial charge in [0.05, 0.1) is 19.4 Å². The third-order valence-electron chi connectivity index (χ3n) is 3.39. The van der Waals surface area contributed by atoms with Crippen LogP contribution in [-0.4, -0.2) is 37.4 Å². The fraction of sp³-hybridized carbons (Fsp3) is 0.438. The fourth-order valence-corrected chi connectivity index (χ4v) is 2.40. The van der Waals surface area contributed by atoms with E-state index < -0.39 is 6.10 Å². The second-order valence-electron chi connectivity index (χ2n) is 4.90. The van der Waals surface area contributed by atoms with Crippen molar-refractivity contribution in [1.82, 2.24) is 10.3 Å². The zero-order chi connectivity index (χ0) is 15.2. The first-order valence-electron chi connectivity index (χ1n) is 7.48. The predicted octanol–water partition coefficient (Wildman–Crippen LogP) is 2.18. The molecule has 0 saturated carbocycles. The van der Waals surface area contributed by atoms with Crippen molar-refractivity contribution >= 4 is 0 Å². The Morgan fingerprint density at radius 1 is 1.36 bits per heavy atom. The highest BCUT2D eigenvalue weighted by Crippen LogP contribution is 2.33. The number of aromatic nitrogens is 1. The van der Waals surface area contributed by atoms with Crippen LogP contribution >= 0.6 is 0 Å². The van der Waals surface area contributed by atoms with Gasteiger partial charge in [-0.05, 0) is 19.1 Å². The van der Waals surface area contributed by atoms with Gasteiger partial charge in [0, 0.05) is 13.1 Å². The van der Waals surface area contributed by atoms with Crippen LogP contribution in [-0.2, 0) is 4.74 Å². The maximum absolute atomic E-state index is 6.14. The summed E-state index contributed by atoms with van der Waals surface area (Å²) in [4.78, 5) is 4.22. The minimum absolute atomic E-state index is 0.165. The van der Waals surface area contributed by atoms with Gasteiger partial charge < -0.3 is 23.9 Å². The SMILES string of the molecule is CCOc1ccccc1O[C@H](c1ncco1)C1CNCCO1. The molecule has 3 rings (SSSR count). The summed E-state index contributed by atoms with van der Waals surface area (Å²) in [6.07, 6.45) is 2.55. The number of hydrogen-bond donors (Lipinski definition) is 1. The smallest absolute Gasteiger partial charge is 0.238 e. The van der Waals surface area contributed by atoms with Gasteiger partial charge in [-0.3, -0.25) is 0 Å². The van der Waals surface area contributed by atoms with Crippen molar-refractivity contribution in [3.63, 3.8) is 0 Å². The summed E-state index contributed by atoms with van der Waals surface area (Å²) < 4.78 is 23.0. The van der Waals surface area contributed by atoms with E-state index in [0.717, 1.165) is 6.54 Å². The number of rotatable bonds is 6. The van der Waals surface area contributed by atoms with E-state index in [-0.39, 0.29) is 6.10 Å². The lowest BCUT2D eigenvalue weighted by Crippen LogP contribution is -2.43. The first-order chi connectivity index (χ1) is 10.9. The molecule has 1 fully saturated rings. The van der Waals surface area contributed by atoms with Crippen LogP contribution in [0.25, 0.3) is 0 Å². The highest BCUT2D eigenvalue weighted by molar-refractivity contribution is 5.39.